The molecule has 1 aliphatic heterocycles. The van der Waals surface area contributed by atoms with Crippen molar-refractivity contribution in [3.05, 3.63) is 52.3 Å². The molecule has 0 unspecified atom stereocenters. The number of alkyl halides is 2. The number of nitrogens with zero attached hydrogens (tertiary/aromatic N) is 3. The molecule has 1 aromatic heterocycles. The summed E-state index contributed by atoms with van der Waals surface area (Å²) in [5, 5.41) is 28.4. The number of anilines is 1. The Hall–Kier alpha value is -3.40. The lowest BCUT2D eigenvalue weighted by Crippen LogP contribution is -2.43. The number of hydrogen-bond acceptors (Lipinski definition) is 5. The molecule has 0 saturated heterocycles. The van der Waals surface area contributed by atoms with Crippen LogP contribution in [0.15, 0.2) is 35.4 Å². The first-order chi connectivity index (χ1) is 15.9. The van der Waals surface area contributed by atoms with Crippen molar-refractivity contribution in [2.24, 2.45) is 11.0 Å². The average Bonchev–Trinajstić information content (AvgIpc) is 3.16. The number of nitrogens with one attached hydrogen (secondary N) is 1. The second kappa shape index (κ2) is 9.62. The number of ether oxygens (including phenoxy) is 1. The van der Waals surface area contributed by atoms with Gasteiger partial charge in [-0.05, 0) is 44.7 Å². The van der Waals surface area contributed by atoms with Crippen LogP contribution < -0.4 is 25.4 Å². The third-order valence-electron chi connectivity index (χ3n) is 5.73. The summed E-state index contributed by atoms with van der Waals surface area (Å²) in [4.78, 5) is 12.8. The van der Waals surface area contributed by atoms with Gasteiger partial charge in [-0.15, -0.1) is 0 Å². The first kappa shape index (κ1) is 22.8. The van der Waals surface area contributed by atoms with Crippen molar-refractivity contribution in [1.82, 2.24) is 0 Å². The standard InChI is InChI=1S/C23H25F2N4O4/c1-2-33-21-11-17-15(13-28(27-17)12-14-6-8-16(30)9-7-14)10-18(21)26-23(31)20-5-3-4-19(22(24)25)29(20)32/h3-5,10-14,16,22,30H,2,6-9H2,1H3,(H-,26,31,32)/q+1/p+1/b28-12+. The van der Waals surface area contributed by atoms with Gasteiger partial charge in [0.1, 0.15) is 11.1 Å². The number of pyridine rings is 1. The minimum atomic E-state index is -2.94. The number of carbonyl (C=O) groups is 1. The van der Waals surface area contributed by atoms with Gasteiger partial charge in [0.05, 0.1) is 23.6 Å². The number of amides is 1. The first-order valence-electron chi connectivity index (χ1n) is 10.9. The lowest BCUT2D eigenvalue weighted by atomic mass is 9.88. The quantitative estimate of drug-likeness (QED) is 0.452. The average molecular weight is 460 g/mol. The van der Waals surface area contributed by atoms with Gasteiger partial charge in [-0.3, -0.25) is 10.0 Å². The summed E-state index contributed by atoms with van der Waals surface area (Å²) in [7, 11) is 0. The van der Waals surface area contributed by atoms with Crippen molar-refractivity contribution in [2.45, 2.75) is 45.1 Å². The van der Waals surface area contributed by atoms with E-state index in [1.165, 1.54) is 12.1 Å². The van der Waals surface area contributed by atoms with Crippen LogP contribution in [0.5, 0.6) is 5.75 Å². The maximum Gasteiger partial charge on any atom is 0.325 e. The fourth-order valence-corrected chi connectivity index (χ4v) is 4.03. The number of carbonyl (C=O) groups excluding carboxylic acids is 1. The molecule has 1 amide bonds. The van der Waals surface area contributed by atoms with Crippen LogP contribution in [0.1, 0.15) is 55.2 Å². The molecule has 0 atom stereocenters. The van der Waals surface area contributed by atoms with Crippen LogP contribution in [0.25, 0.3) is 6.20 Å². The third-order valence-corrected chi connectivity index (χ3v) is 5.73. The first-order valence-corrected chi connectivity index (χ1v) is 10.9. The summed E-state index contributed by atoms with van der Waals surface area (Å²) in [6.45, 7) is 2.14. The van der Waals surface area contributed by atoms with Gasteiger partial charge in [-0.2, -0.15) is 8.78 Å². The lowest BCUT2D eigenvalue weighted by Gasteiger charge is -2.20. The molecule has 10 heteroatoms. The Balaban J connectivity index is 1.63. The van der Waals surface area contributed by atoms with Crippen LogP contribution in [-0.2, 0) is 0 Å². The Labute approximate surface area is 188 Å². The highest BCUT2D eigenvalue weighted by atomic mass is 19.3. The van der Waals surface area contributed by atoms with E-state index in [0.29, 0.717) is 29.3 Å². The number of benzene rings is 1. The zero-order chi connectivity index (χ0) is 23.5. The molecule has 174 valence electrons. The van der Waals surface area contributed by atoms with Crippen LogP contribution in [0.3, 0.4) is 0 Å². The largest absolute Gasteiger partial charge is 0.492 e. The van der Waals surface area contributed by atoms with Crippen molar-refractivity contribution in [3.8, 4) is 5.75 Å². The summed E-state index contributed by atoms with van der Waals surface area (Å²) in [5.74, 6) is -0.0747. The van der Waals surface area contributed by atoms with E-state index in [-0.39, 0.29) is 16.5 Å². The zero-order valence-corrected chi connectivity index (χ0v) is 18.1. The van der Waals surface area contributed by atoms with E-state index in [1.807, 2.05) is 12.4 Å². The molecule has 1 saturated carbocycles. The normalized spacial score (nSPS) is 20.8. The molecule has 2 heterocycles. The molecule has 0 radical (unpaired) electrons. The summed E-state index contributed by atoms with van der Waals surface area (Å²) >= 11 is 0. The topological polar surface area (TPSA) is 98.0 Å². The van der Waals surface area contributed by atoms with Crippen LogP contribution in [0, 0.1) is 5.92 Å². The monoisotopic (exact) mass is 460 g/mol. The highest BCUT2D eigenvalue weighted by Gasteiger charge is 2.29. The fraction of sp³-hybridized carbons (Fsp3) is 0.391. The van der Waals surface area contributed by atoms with E-state index in [0.717, 1.165) is 37.0 Å². The fourth-order valence-electron chi connectivity index (χ4n) is 4.03. The second-order valence-electron chi connectivity index (χ2n) is 8.07. The SMILES string of the molecule is CCOc1cc2c(cc1NC(=O)c1cccc(C(F)F)[n+]1O)=C/[N+](=C\C1CCC(O)CC1)N=2. The second-order valence-corrected chi connectivity index (χ2v) is 8.07. The molecule has 8 nitrogen and oxygen atoms in total. The van der Waals surface area contributed by atoms with Gasteiger partial charge in [0, 0.05) is 33.9 Å². The molecule has 2 aliphatic rings. The highest BCUT2D eigenvalue weighted by molar-refractivity contribution is 6.02. The Morgan fingerprint density at radius 2 is 2.06 bits per heavy atom. The molecule has 0 spiro atoms. The van der Waals surface area contributed by atoms with Crippen molar-refractivity contribution < 1.29 is 38.0 Å². The van der Waals surface area contributed by atoms with Crippen molar-refractivity contribution >= 4 is 24.0 Å². The van der Waals surface area contributed by atoms with Crippen LogP contribution >= 0.6 is 0 Å². The van der Waals surface area contributed by atoms with Gasteiger partial charge in [0.2, 0.25) is 6.20 Å². The number of hydrogen-bond donors (Lipinski definition) is 3. The number of aliphatic hydroxyl groups excluding tert-OH is 1. The zero-order valence-electron chi connectivity index (χ0n) is 18.1. The Morgan fingerprint density at radius 1 is 1.30 bits per heavy atom. The number of fused-ring (bicyclic) bond motifs is 1. The molecule has 1 aromatic carbocycles. The molecule has 3 N–H and O–H groups in total. The molecule has 33 heavy (non-hydrogen) atoms. The number of halogens is 2. The molecule has 2 aromatic rings. The molecule has 4 rings (SSSR count). The minimum Gasteiger partial charge on any atom is -0.492 e. The smallest absolute Gasteiger partial charge is 0.325 e. The molecular weight excluding hydrogens is 434 g/mol. The summed E-state index contributed by atoms with van der Waals surface area (Å²) < 4.78 is 33.7. The highest BCUT2D eigenvalue weighted by Crippen LogP contribution is 2.24. The molecule has 1 fully saturated rings. The molecule has 0 bridgehead atoms. The van der Waals surface area contributed by atoms with Gasteiger partial charge in [-0.1, -0.05) is 4.68 Å². The van der Waals surface area contributed by atoms with Crippen molar-refractivity contribution in [3.63, 3.8) is 0 Å². The molecule has 1 aliphatic carbocycles. The van der Waals surface area contributed by atoms with Crippen molar-refractivity contribution in [2.75, 3.05) is 11.9 Å². The van der Waals surface area contributed by atoms with E-state index in [2.05, 4.69) is 10.4 Å². The van der Waals surface area contributed by atoms with E-state index in [9.17, 15) is 23.9 Å². The number of aromatic nitrogens is 1. The Bertz CT molecular complexity index is 1210. The van der Waals surface area contributed by atoms with Crippen LogP contribution in [-0.4, -0.2) is 39.8 Å². The van der Waals surface area contributed by atoms with E-state index >= 15 is 0 Å². The van der Waals surface area contributed by atoms with Gasteiger partial charge in [-0.25, -0.2) is 0 Å². The van der Waals surface area contributed by atoms with Crippen LogP contribution in [0.2, 0.25) is 0 Å². The Morgan fingerprint density at radius 3 is 2.76 bits per heavy atom. The maximum absolute atomic E-state index is 13.1. The summed E-state index contributed by atoms with van der Waals surface area (Å²) in [6.07, 6.45) is 4.00. The number of rotatable bonds is 6. The van der Waals surface area contributed by atoms with Crippen molar-refractivity contribution in [1.29, 1.82) is 0 Å². The van der Waals surface area contributed by atoms with Gasteiger partial charge in [0.15, 0.2) is 6.21 Å². The predicted molar refractivity (Wildman–Crippen MR) is 114 cm³/mol. The lowest BCUT2D eigenvalue weighted by molar-refractivity contribution is -0.912. The molecular formula is C23H26F2N4O4+2. The summed E-state index contributed by atoms with van der Waals surface area (Å²) in [6, 6.07) is 6.95. The maximum atomic E-state index is 13.1. The third kappa shape index (κ3) is 5.00. The van der Waals surface area contributed by atoms with Gasteiger partial charge in [0.25, 0.3) is 0 Å². The van der Waals surface area contributed by atoms with Gasteiger partial charge < -0.3 is 15.2 Å². The predicted octanol–water partition coefficient (Wildman–Crippen LogP) is 1.72. The van der Waals surface area contributed by atoms with Crippen LogP contribution in [0.4, 0.5) is 14.5 Å². The van der Waals surface area contributed by atoms with E-state index in [4.69, 9.17) is 4.74 Å². The van der Waals surface area contributed by atoms with E-state index < -0.39 is 18.0 Å². The summed E-state index contributed by atoms with van der Waals surface area (Å²) in [5.41, 5.74) is -0.689. The van der Waals surface area contributed by atoms with E-state index in [1.54, 1.807) is 23.7 Å². The Kier molecular flexibility index (Phi) is 6.64. The number of aliphatic hydroxyl groups is 1. The minimum absolute atomic E-state index is 0.187. The van der Waals surface area contributed by atoms with Gasteiger partial charge >= 0.3 is 23.7 Å².